The Morgan fingerprint density at radius 1 is 0.929 bits per heavy atom. The maximum absolute atomic E-state index is 2.54. The first kappa shape index (κ1) is 14.5. The van der Waals surface area contributed by atoms with E-state index >= 15 is 0 Å². The number of hydrogen-bond acceptors (Lipinski definition) is 2. The van der Waals surface area contributed by atoms with Gasteiger partial charge in [0.2, 0.25) is 0 Å². The van der Waals surface area contributed by atoms with Crippen LogP contribution >= 0.6 is 0 Å². The molecule has 0 unspecified atom stereocenters. The van der Waals surface area contributed by atoms with Crippen LogP contribution in [0.2, 0.25) is 0 Å². The van der Waals surface area contributed by atoms with Gasteiger partial charge in [0.15, 0.2) is 0 Å². The Morgan fingerprint density at radius 2 is 1.36 bits per heavy atom. The van der Waals surface area contributed by atoms with Gasteiger partial charge in [0.05, 0.1) is 0 Å². The van der Waals surface area contributed by atoms with Gasteiger partial charge in [-0.2, -0.15) is 0 Å². The monoisotopic (exact) mass is 192 g/mol. The second-order valence-electron chi connectivity index (χ2n) is 4.58. The first-order valence-corrected chi connectivity index (χ1v) is 5.66. The fourth-order valence-electron chi connectivity index (χ4n) is 2.36. The van der Waals surface area contributed by atoms with Crippen LogP contribution in [-0.2, 0) is 0 Å². The molecule has 1 aliphatic heterocycles. The number of hydrogen-bond donors (Lipinski definition) is 0. The molecule has 0 N–H and O–H groups in total. The van der Waals surface area contributed by atoms with Crippen molar-refractivity contribution in [3.05, 3.63) is 0 Å². The van der Waals surface area contributed by atoms with Crippen molar-refractivity contribution >= 4 is 0 Å². The van der Waals surface area contributed by atoms with Gasteiger partial charge in [0, 0.05) is 25.2 Å². The van der Waals surface area contributed by atoms with Crippen LogP contribution in [0.3, 0.4) is 0 Å². The van der Waals surface area contributed by atoms with E-state index in [2.05, 4.69) is 37.7 Å². The summed E-state index contributed by atoms with van der Waals surface area (Å²) in [7, 11) is 0. The SMILES string of the molecule is CC(C)N(C(C)C)N1CCCCC1.[H-].[Li+]. The summed E-state index contributed by atoms with van der Waals surface area (Å²) in [6, 6.07) is 1.27. The maximum atomic E-state index is 2.54. The van der Waals surface area contributed by atoms with Crippen molar-refractivity contribution < 1.29 is 20.3 Å². The van der Waals surface area contributed by atoms with Crippen LogP contribution in [0.1, 0.15) is 48.4 Å². The number of nitrogens with zero attached hydrogens (tertiary/aromatic N) is 2. The molecule has 0 aromatic heterocycles. The first-order chi connectivity index (χ1) is 6.13. The van der Waals surface area contributed by atoms with Crippen molar-refractivity contribution in [3.8, 4) is 0 Å². The predicted octanol–water partition coefficient (Wildman–Crippen LogP) is -0.377. The van der Waals surface area contributed by atoms with Crippen LogP contribution in [-0.4, -0.2) is 35.2 Å². The molecular formula is C11H25LiN2. The van der Waals surface area contributed by atoms with E-state index in [9.17, 15) is 0 Å². The van der Waals surface area contributed by atoms with E-state index in [1.807, 2.05) is 0 Å². The summed E-state index contributed by atoms with van der Waals surface area (Å²) in [5.41, 5.74) is 0. The van der Waals surface area contributed by atoms with Gasteiger partial charge in [-0.1, -0.05) is 6.42 Å². The van der Waals surface area contributed by atoms with Gasteiger partial charge in [0.25, 0.3) is 0 Å². The van der Waals surface area contributed by atoms with Crippen molar-refractivity contribution in [2.45, 2.75) is 59.0 Å². The van der Waals surface area contributed by atoms with Crippen molar-refractivity contribution in [3.63, 3.8) is 0 Å². The van der Waals surface area contributed by atoms with Gasteiger partial charge in [-0.05, 0) is 40.5 Å². The molecule has 1 heterocycles. The van der Waals surface area contributed by atoms with Gasteiger partial charge < -0.3 is 1.43 Å². The molecule has 0 bridgehead atoms. The molecular weight excluding hydrogens is 167 g/mol. The van der Waals surface area contributed by atoms with Gasteiger partial charge in [0.1, 0.15) is 0 Å². The van der Waals surface area contributed by atoms with Crippen LogP contribution < -0.4 is 18.9 Å². The van der Waals surface area contributed by atoms with Crippen molar-refractivity contribution in [1.82, 2.24) is 10.0 Å². The molecule has 1 saturated heterocycles. The molecule has 0 atom stereocenters. The molecule has 0 aromatic rings. The molecule has 0 aromatic carbocycles. The molecule has 1 fully saturated rings. The zero-order valence-electron chi connectivity index (χ0n) is 11.6. The van der Waals surface area contributed by atoms with E-state index in [1.54, 1.807) is 0 Å². The Kier molecular flexibility index (Phi) is 7.16. The molecule has 1 rings (SSSR count). The van der Waals surface area contributed by atoms with E-state index in [4.69, 9.17) is 0 Å². The number of rotatable bonds is 3. The predicted molar refractivity (Wildman–Crippen MR) is 58.6 cm³/mol. The molecule has 0 aliphatic carbocycles. The van der Waals surface area contributed by atoms with Crippen LogP contribution in [0.15, 0.2) is 0 Å². The van der Waals surface area contributed by atoms with Crippen molar-refractivity contribution in [2.75, 3.05) is 13.1 Å². The van der Waals surface area contributed by atoms with Crippen molar-refractivity contribution in [2.24, 2.45) is 0 Å². The topological polar surface area (TPSA) is 6.48 Å². The minimum absolute atomic E-state index is 0. The van der Waals surface area contributed by atoms with E-state index < -0.39 is 0 Å². The average molecular weight is 192 g/mol. The van der Waals surface area contributed by atoms with E-state index in [0.29, 0.717) is 12.1 Å². The van der Waals surface area contributed by atoms with Gasteiger partial charge in [-0.15, -0.1) is 0 Å². The largest absolute Gasteiger partial charge is 1.00 e. The normalized spacial score (nSPS) is 19.1. The van der Waals surface area contributed by atoms with E-state index in [-0.39, 0.29) is 20.3 Å². The molecule has 80 valence electrons. The molecule has 0 radical (unpaired) electrons. The first-order valence-electron chi connectivity index (χ1n) is 5.66. The van der Waals surface area contributed by atoms with E-state index in [1.165, 1.54) is 32.4 Å². The smallest absolute Gasteiger partial charge is 1.00 e. The summed E-state index contributed by atoms with van der Waals surface area (Å²) in [5.74, 6) is 0. The van der Waals surface area contributed by atoms with Crippen LogP contribution in [0.4, 0.5) is 0 Å². The van der Waals surface area contributed by atoms with Crippen molar-refractivity contribution in [1.29, 1.82) is 0 Å². The van der Waals surface area contributed by atoms with Gasteiger partial charge in [-0.25, -0.2) is 10.0 Å². The van der Waals surface area contributed by atoms with Gasteiger partial charge >= 0.3 is 18.9 Å². The molecule has 0 spiro atoms. The fraction of sp³-hybridized carbons (Fsp3) is 1.00. The Morgan fingerprint density at radius 3 is 1.71 bits per heavy atom. The zero-order chi connectivity index (χ0) is 9.84. The Balaban J connectivity index is 0. The standard InChI is InChI=1S/C11H24N2.Li.H/c1-10(2)13(11(3)4)12-8-6-5-7-9-12;;/h10-11H,5-9H2,1-4H3;;/q;+1;-1. The summed E-state index contributed by atoms with van der Waals surface area (Å²) in [6.07, 6.45) is 4.16. The molecule has 0 amide bonds. The summed E-state index contributed by atoms with van der Waals surface area (Å²) >= 11 is 0. The molecule has 3 heteroatoms. The Bertz CT molecular complexity index is 140. The number of hydrazine groups is 1. The molecule has 2 nitrogen and oxygen atoms in total. The minimum Gasteiger partial charge on any atom is -1.00 e. The van der Waals surface area contributed by atoms with Crippen LogP contribution in [0, 0.1) is 0 Å². The molecule has 14 heavy (non-hydrogen) atoms. The minimum atomic E-state index is 0. The van der Waals surface area contributed by atoms with E-state index in [0.717, 1.165) is 0 Å². The third-order valence-electron chi connectivity index (χ3n) is 2.72. The third-order valence-corrected chi connectivity index (χ3v) is 2.72. The van der Waals surface area contributed by atoms with Crippen LogP contribution in [0.25, 0.3) is 0 Å². The summed E-state index contributed by atoms with van der Waals surface area (Å²) in [6.45, 7) is 11.7. The fourth-order valence-corrected chi connectivity index (χ4v) is 2.36. The summed E-state index contributed by atoms with van der Waals surface area (Å²) in [5, 5.41) is 5.07. The Labute approximate surface area is 103 Å². The number of piperidine rings is 1. The maximum Gasteiger partial charge on any atom is 1.00 e. The van der Waals surface area contributed by atoms with Gasteiger partial charge in [-0.3, -0.25) is 0 Å². The summed E-state index contributed by atoms with van der Waals surface area (Å²) < 4.78 is 0. The second-order valence-corrected chi connectivity index (χ2v) is 4.58. The molecule has 0 saturated carbocycles. The average Bonchev–Trinajstić information content (AvgIpc) is 2.04. The second kappa shape index (κ2) is 6.90. The zero-order valence-corrected chi connectivity index (χ0v) is 10.6. The quantitative estimate of drug-likeness (QED) is 0.563. The molecule has 1 aliphatic rings. The summed E-state index contributed by atoms with van der Waals surface area (Å²) in [4.78, 5) is 0. The third kappa shape index (κ3) is 3.94. The van der Waals surface area contributed by atoms with Crippen LogP contribution in [0.5, 0.6) is 0 Å². The Hall–Kier alpha value is 0.517.